The van der Waals surface area contributed by atoms with Crippen molar-refractivity contribution < 1.29 is 0 Å². The highest BCUT2D eigenvalue weighted by molar-refractivity contribution is 14.1. The Morgan fingerprint density at radius 2 is 2.23 bits per heavy atom. The van der Waals surface area contributed by atoms with E-state index < -0.39 is 0 Å². The molecule has 0 saturated heterocycles. The first-order valence-corrected chi connectivity index (χ1v) is 6.41. The van der Waals surface area contributed by atoms with Crippen LogP contribution in [-0.4, -0.2) is 0 Å². The maximum absolute atomic E-state index is 6.16. The second-order valence-corrected chi connectivity index (χ2v) is 5.30. The summed E-state index contributed by atoms with van der Waals surface area (Å²) in [5.74, 6) is 0. The Hall–Kier alpha value is 0.200. The van der Waals surface area contributed by atoms with Crippen LogP contribution in [0.5, 0.6) is 0 Å². The first-order chi connectivity index (χ1) is 6.24. The van der Waals surface area contributed by atoms with Gasteiger partial charge in [-0.3, -0.25) is 0 Å². The summed E-state index contributed by atoms with van der Waals surface area (Å²) in [4.78, 5) is 0. The van der Waals surface area contributed by atoms with E-state index in [0.717, 1.165) is 11.4 Å². The van der Waals surface area contributed by atoms with E-state index in [0.29, 0.717) is 0 Å². The summed E-state index contributed by atoms with van der Waals surface area (Å²) < 4.78 is 2.62. The summed E-state index contributed by atoms with van der Waals surface area (Å²) in [5.41, 5.74) is 1.36. The number of fused-ring (bicyclic) bond motifs is 1. The number of aryl methyl sites for hydroxylation is 1. The fraction of sp³-hybridized carbons (Fsp3) is 0.200. The molecule has 68 valence electrons. The predicted molar refractivity (Wildman–Crippen MR) is 68.9 cm³/mol. The standard InChI is InChI=1S/C10H8ClIS/c1-2-6-5-13-10-8(12)4-3-7(11)9(6)10/h3-5H,2H2,1H3. The summed E-state index contributed by atoms with van der Waals surface area (Å²) in [6, 6.07) is 4.05. The number of benzene rings is 1. The summed E-state index contributed by atoms with van der Waals surface area (Å²) in [6.07, 6.45) is 1.06. The van der Waals surface area contributed by atoms with Gasteiger partial charge >= 0.3 is 0 Å². The highest BCUT2D eigenvalue weighted by Crippen LogP contribution is 2.35. The lowest BCUT2D eigenvalue weighted by Crippen LogP contribution is -1.78. The van der Waals surface area contributed by atoms with Crippen molar-refractivity contribution in [1.82, 2.24) is 0 Å². The van der Waals surface area contributed by atoms with Gasteiger partial charge in [-0.15, -0.1) is 11.3 Å². The maximum Gasteiger partial charge on any atom is 0.0496 e. The molecule has 0 spiro atoms. The Balaban J connectivity index is 2.87. The van der Waals surface area contributed by atoms with Crippen molar-refractivity contribution in [2.24, 2.45) is 0 Å². The zero-order valence-electron chi connectivity index (χ0n) is 7.10. The number of halogens is 2. The van der Waals surface area contributed by atoms with E-state index in [1.54, 1.807) is 11.3 Å². The molecule has 13 heavy (non-hydrogen) atoms. The van der Waals surface area contributed by atoms with Gasteiger partial charge in [0.05, 0.1) is 0 Å². The normalized spacial score (nSPS) is 11.0. The highest BCUT2D eigenvalue weighted by atomic mass is 127. The third-order valence-electron chi connectivity index (χ3n) is 2.08. The van der Waals surface area contributed by atoms with E-state index in [9.17, 15) is 0 Å². The van der Waals surface area contributed by atoms with Crippen LogP contribution in [0.4, 0.5) is 0 Å². The second-order valence-electron chi connectivity index (χ2n) is 2.85. The van der Waals surface area contributed by atoms with Gasteiger partial charge < -0.3 is 0 Å². The molecule has 0 aliphatic carbocycles. The molecular weight excluding hydrogens is 315 g/mol. The van der Waals surface area contributed by atoms with E-state index in [-0.39, 0.29) is 0 Å². The summed E-state index contributed by atoms with van der Waals surface area (Å²) in [5, 5.41) is 4.34. The third-order valence-corrected chi connectivity index (χ3v) is 4.72. The van der Waals surface area contributed by atoms with Crippen molar-refractivity contribution in [1.29, 1.82) is 0 Å². The minimum absolute atomic E-state index is 0.883. The molecule has 3 heteroatoms. The summed E-state index contributed by atoms with van der Waals surface area (Å²) in [6.45, 7) is 2.16. The van der Waals surface area contributed by atoms with Crippen molar-refractivity contribution in [3.63, 3.8) is 0 Å². The number of rotatable bonds is 1. The molecular formula is C10H8ClIS. The van der Waals surface area contributed by atoms with Gasteiger partial charge in [-0.1, -0.05) is 18.5 Å². The van der Waals surface area contributed by atoms with E-state index in [1.807, 2.05) is 6.07 Å². The lowest BCUT2D eigenvalue weighted by molar-refractivity contribution is 1.17. The molecule has 2 aromatic rings. The van der Waals surface area contributed by atoms with Gasteiger partial charge in [0.1, 0.15) is 0 Å². The molecule has 0 aliphatic heterocycles. The molecule has 1 aromatic heterocycles. The molecule has 0 atom stereocenters. The van der Waals surface area contributed by atoms with Crippen LogP contribution in [0.15, 0.2) is 17.5 Å². The van der Waals surface area contributed by atoms with Crippen molar-refractivity contribution in [2.45, 2.75) is 13.3 Å². The van der Waals surface area contributed by atoms with Crippen LogP contribution in [0.1, 0.15) is 12.5 Å². The number of thiophene rings is 1. The van der Waals surface area contributed by atoms with E-state index >= 15 is 0 Å². The van der Waals surface area contributed by atoms with Crippen LogP contribution >= 0.6 is 45.5 Å². The Labute approximate surface area is 100 Å². The molecule has 1 heterocycles. The molecule has 0 N–H and O–H groups in total. The van der Waals surface area contributed by atoms with Crippen LogP contribution < -0.4 is 0 Å². The molecule has 0 saturated carbocycles. The predicted octanol–water partition coefficient (Wildman–Crippen LogP) is 4.72. The Bertz CT molecular complexity index is 447. The number of hydrogen-bond acceptors (Lipinski definition) is 1. The highest BCUT2D eigenvalue weighted by Gasteiger charge is 2.08. The van der Waals surface area contributed by atoms with E-state index in [4.69, 9.17) is 11.6 Å². The Kier molecular flexibility index (Phi) is 2.81. The van der Waals surface area contributed by atoms with Gasteiger partial charge in [0.15, 0.2) is 0 Å². The fourth-order valence-corrected chi connectivity index (χ4v) is 3.65. The molecule has 0 unspecified atom stereocenters. The maximum atomic E-state index is 6.16. The summed E-state index contributed by atoms with van der Waals surface area (Å²) in [7, 11) is 0. The summed E-state index contributed by atoms with van der Waals surface area (Å²) >= 11 is 10.3. The van der Waals surface area contributed by atoms with E-state index in [1.165, 1.54) is 19.2 Å². The minimum Gasteiger partial charge on any atom is -0.142 e. The van der Waals surface area contributed by atoms with Crippen LogP contribution in [0.3, 0.4) is 0 Å². The van der Waals surface area contributed by atoms with Crippen LogP contribution in [-0.2, 0) is 6.42 Å². The first-order valence-electron chi connectivity index (χ1n) is 4.08. The quantitative estimate of drug-likeness (QED) is 0.666. The lowest BCUT2D eigenvalue weighted by atomic mass is 10.1. The van der Waals surface area contributed by atoms with Gasteiger partial charge in [0, 0.05) is 18.7 Å². The molecule has 0 radical (unpaired) electrons. The molecule has 0 amide bonds. The van der Waals surface area contributed by atoms with Crippen LogP contribution in [0.2, 0.25) is 5.02 Å². The Morgan fingerprint density at radius 3 is 2.92 bits per heavy atom. The average molecular weight is 323 g/mol. The van der Waals surface area contributed by atoms with Crippen molar-refractivity contribution in [2.75, 3.05) is 0 Å². The van der Waals surface area contributed by atoms with Gasteiger partial charge in [-0.05, 0) is 52.1 Å². The molecule has 2 rings (SSSR count). The SMILES string of the molecule is CCc1csc2c(I)ccc(Cl)c12. The fourth-order valence-electron chi connectivity index (χ4n) is 1.40. The molecule has 0 fully saturated rings. The third kappa shape index (κ3) is 1.60. The number of hydrogen-bond donors (Lipinski definition) is 0. The largest absolute Gasteiger partial charge is 0.142 e. The van der Waals surface area contributed by atoms with E-state index in [2.05, 4.69) is 41.0 Å². The molecule has 0 aliphatic rings. The van der Waals surface area contributed by atoms with Crippen LogP contribution in [0.25, 0.3) is 10.1 Å². The van der Waals surface area contributed by atoms with Gasteiger partial charge in [0.2, 0.25) is 0 Å². The van der Waals surface area contributed by atoms with Gasteiger partial charge in [-0.2, -0.15) is 0 Å². The lowest BCUT2D eigenvalue weighted by Gasteiger charge is -1.99. The minimum atomic E-state index is 0.883. The topological polar surface area (TPSA) is 0 Å². The zero-order chi connectivity index (χ0) is 9.42. The average Bonchev–Trinajstić information content (AvgIpc) is 2.56. The molecule has 1 aromatic carbocycles. The zero-order valence-corrected chi connectivity index (χ0v) is 10.8. The van der Waals surface area contributed by atoms with Crippen molar-refractivity contribution in [3.05, 3.63) is 31.7 Å². The van der Waals surface area contributed by atoms with Gasteiger partial charge in [0.25, 0.3) is 0 Å². The Morgan fingerprint density at radius 1 is 1.46 bits per heavy atom. The molecule has 0 bridgehead atoms. The van der Waals surface area contributed by atoms with Crippen molar-refractivity contribution >= 4 is 55.6 Å². The molecule has 0 nitrogen and oxygen atoms in total. The smallest absolute Gasteiger partial charge is 0.0496 e. The monoisotopic (exact) mass is 322 g/mol. The van der Waals surface area contributed by atoms with Gasteiger partial charge in [-0.25, -0.2) is 0 Å². The first kappa shape index (κ1) is 9.74. The van der Waals surface area contributed by atoms with Crippen molar-refractivity contribution in [3.8, 4) is 0 Å². The van der Waals surface area contributed by atoms with Crippen LogP contribution in [0, 0.1) is 3.57 Å². The second kappa shape index (κ2) is 3.75.